The number of amides is 1. The molecule has 1 N–H and O–H groups in total. The molecule has 3 rings (SSSR count). The molecule has 120 valence electrons. The number of aliphatic hydroxyl groups is 1. The van der Waals surface area contributed by atoms with Gasteiger partial charge in [0, 0.05) is 18.7 Å². The van der Waals surface area contributed by atoms with Crippen molar-refractivity contribution >= 4 is 5.91 Å². The van der Waals surface area contributed by atoms with Crippen LogP contribution >= 0.6 is 0 Å². The Labute approximate surface area is 136 Å². The number of rotatable bonds is 6. The quantitative estimate of drug-likeness (QED) is 0.891. The molecular weight excluding hydrogens is 290 g/mol. The number of fused-ring (bicyclic) bond motifs is 1. The zero-order valence-electron chi connectivity index (χ0n) is 13.2. The molecule has 0 radical (unpaired) electrons. The lowest BCUT2D eigenvalue weighted by Crippen LogP contribution is -2.27. The summed E-state index contributed by atoms with van der Waals surface area (Å²) in [6.07, 6.45) is 1.46. The monoisotopic (exact) mass is 311 g/mol. The van der Waals surface area contributed by atoms with Gasteiger partial charge in [-0.25, -0.2) is 0 Å². The fraction of sp³-hybridized carbons (Fsp3) is 0.316. The number of nitrogens with zero attached hydrogens (tertiary/aromatic N) is 1. The van der Waals surface area contributed by atoms with Crippen LogP contribution in [0.3, 0.4) is 0 Å². The topological polar surface area (TPSA) is 49.8 Å². The van der Waals surface area contributed by atoms with Crippen molar-refractivity contribution in [3.05, 3.63) is 65.2 Å². The van der Waals surface area contributed by atoms with Crippen molar-refractivity contribution in [2.45, 2.75) is 25.4 Å². The van der Waals surface area contributed by atoms with E-state index in [-0.39, 0.29) is 18.6 Å². The lowest BCUT2D eigenvalue weighted by molar-refractivity contribution is 0.0694. The van der Waals surface area contributed by atoms with Crippen LogP contribution in [0.5, 0.6) is 5.75 Å². The maximum absolute atomic E-state index is 12.7. The lowest BCUT2D eigenvalue weighted by atomic mass is 10.0. The zero-order valence-corrected chi connectivity index (χ0v) is 13.2. The molecule has 0 spiro atoms. The van der Waals surface area contributed by atoms with Crippen LogP contribution in [0.25, 0.3) is 0 Å². The van der Waals surface area contributed by atoms with Crippen LogP contribution in [0.2, 0.25) is 0 Å². The molecule has 0 bridgehead atoms. The molecule has 1 aliphatic rings. The normalized spacial score (nSPS) is 16.5. The second kappa shape index (κ2) is 6.84. The number of ether oxygens (including phenoxy) is 1. The molecule has 0 fully saturated rings. The molecule has 0 saturated heterocycles. The summed E-state index contributed by atoms with van der Waals surface area (Å²) in [5.41, 5.74) is 2.92. The third kappa shape index (κ3) is 3.08. The standard InChI is InChI=1S/C19H21NO3/c1-23-15-10-8-14(9-11-15)13-20-18(7-4-12-21)16-5-2-3-6-17(16)19(20)22/h2-3,5-6,8-11,18,21H,4,7,12-13H2,1H3. The molecule has 2 aromatic carbocycles. The van der Waals surface area contributed by atoms with Gasteiger partial charge in [0.2, 0.25) is 0 Å². The van der Waals surface area contributed by atoms with Crippen molar-refractivity contribution in [3.8, 4) is 5.75 Å². The van der Waals surface area contributed by atoms with Crippen LogP contribution in [0.15, 0.2) is 48.5 Å². The highest BCUT2D eigenvalue weighted by Gasteiger charge is 2.35. The van der Waals surface area contributed by atoms with Crippen molar-refractivity contribution in [2.75, 3.05) is 13.7 Å². The van der Waals surface area contributed by atoms with Crippen molar-refractivity contribution in [1.29, 1.82) is 0 Å². The van der Waals surface area contributed by atoms with Crippen LogP contribution in [-0.4, -0.2) is 29.6 Å². The van der Waals surface area contributed by atoms with Gasteiger partial charge in [-0.3, -0.25) is 4.79 Å². The van der Waals surface area contributed by atoms with E-state index >= 15 is 0 Å². The fourth-order valence-corrected chi connectivity index (χ4v) is 3.15. The first-order chi connectivity index (χ1) is 11.2. The molecule has 23 heavy (non-hydrogen) atoms. The molecule has 0 aromatic heterocycles. The maximum Gasteiger partial charge on any atom is 0.255 e. The first-order valence-corrected chi connectivity index (χ1v) is 7.88. The van der Waals surface area contributed by atoms with E-state index in [1.54, 1.807) is 7.11 Å². The van der Waals surface area contributed by atoms with E-state index in [4.69, 9.17) is 9.84 Å². The van der Waals surface area contributed by atoms with Crippen molar-refractivity contribution in [3.63, 3.8) is 0 Å². The minimum atomic E-state index is 0.0351. The molecule has 0 saturated carbocycles. The van der Waals surface area contributed by atoms with Gasteiger partial charge in [0.1, 0.15) is 5.75 Å². The summed E-state index contributed by atoms with van der Waals surface area (Å²) < 4.78 is 5.18. The van der Waals surface area contributed by atoms with Gasteiger partial charge in [0.05, 0.1) is 13.2 Å². The molecule has 4 heteroatoms. The van der Waals surface area contributed by atoms with E-state index in [1.165, 1.54) is 0 Å². The third-order valence-corrected chi connectivity index (χ3v) is 4.33. The highest BCUT2D eigenvalue weighted by atomic mass is 16.5. The van der Waals surface area contributed by atoms with Crippen LogP contribution in [0.4, 0.5) is 0 Å². The Bertz CT molecular complexity index is 681. The van der Waals surface area contributed by atoms with Gasteiger partial charge in [0.15, 0.2) is 0 Å². The predicted octanol–water partition coefficient (Wildman–Crippen LogP) is 3.16. The van der Waals surface area contributed by atoms with Gasteiger partial charge in [-0.05, 0) is 42.2 Å². The van der Waals surface area contributed by atoms with E-state index < -0.39 is 0 Å². The highest BCUT2D eigenvalue weighted by molar-refractivity contribution is 5.99. The number of carbonyl (C=O) groups is 1. The smallest absolute Gasteiger partial charge is 0.255 e. The number of aliphatic hydroxyl groups excluding tert-OH is 1. The maximum atomic E-state index is 12.7. The minimum absolute atomic E-state index is 0.0351. The fourth-order valence-electron chi connectivity index (χ4n) is 3.15. The minimum Gasteiger partial charge on any atom is -0.497 e. The van der Waals surface area contributed by atoms with Gasteiger partial charge in [0.25, 0.3) is 5.91 Å². The Morgan fingerprint density at radius 3 is 2.57 bits per heavy atom. The highest BCUT2D eigenvalue weighted by Crippen LogP contribution is 2.37. The molecule has 1 heterocycles. The predicted molar refractivity (Wildman–Crippen MR) is 88.4 cm³/mol. The summed E-state index contributed by atoms with van der Waals surface area (Å²) in [5, 5.41) is 9.16. The number of hydrogen-bond donors (Lipinski definition) is 1. The van der Waals surface area contributed by atoms with Crippen LogP contribution < -0.4 is 4.74 Å². The summed E-state index contributed by atoms with van der Waals surface area (Å²) in [7, 11) is 1.64. The summed E-state index contributed by atoms with van der Waals surface area (Å²) in [6.45, 7) is 0.705. The molecule has 0 aliphatic carbocycles. The SMILES string of the molecule is COc1ccc(CN2C(=O)c3ccccc3C2CCCO)cc1. The average Bonchev–Trinajstić information content (AvgIpc) is 2.86. The summed E-state index contributed by atoms with van der Waals surface area (Å²) in [6, 6.07) is 15.6. The Balaban J connectivity index is 1.85. The van der Waals surface area contributed by atoms with E-state index in [9.17, 15) is 4.79 Å². The van der Waals surface area contributed by atoms with Gasteiger partial charge >= 0.3 is 0 Å². The summed E-state index contributed by atoms with van der Waals surface area (Å²) >= 11 is 0. The first kappa shape index (κ1) is 15.6. The number of benzene rings is 2. The molecule has 1 unspecified atom stereocenters. The van der Waals surface area contributed by atoms with Gasteiger partial charge in [-0.1, -0.05) is 30.3 Å². The number of methoxy groups -OCH3 is 1. The molecule has 2 aromatic rings. The van der Waals surface area contributed by atoms with Gasteiger partial charge < -0.3 is 14.7 Å². The van der Waals surface area contributed by atoms with Gasteiger partial charge in [-0.2, -0.15) is 0 Å². The zero-order chi connectivity index (χ0) is 16.2. The number of hydrogen-bond acceptors (Lipinski definition) is 3. The molecule has 1 amide bonds. The van der Waals surface area contributed by atoms with Crippen molar-refractivity contribution < 1.29 is 14.6 Å². The molecule has 1 atom stereocenters. The summed E-state index contributed by atoms with van der Waals surface area (Å²) in [5.74, 6) is 0.876. The van der Waals surface area contributed by atoms with Crippen LogP contribution in [0, 0.1) is 0 Å². The third-order valence-electron chi connectivity index (χ3n) is 4.33. The molecule has 1 aliphatic heterocycles. The van der Waals surface area contributed by atoms with Crippen LogP contribution in [0.1, 0.15) is 40.4 Å². The van der Waals surface area contributed by atoms with Crippen LogP contribution in [-0.2, 0) is 6.54 Å². The van der Waals surface area contributed by atoms with Gasteiger partial charge in [-0.15, -0.1) is 0 Å². The second-order valence-corrected chi connectivity index (χ2v) is 5.75. The Morgan fingerprint density at radius 1 is 1.13 bits per heavy atom. The first-order valence-electron chi connectivity index (χ1n) is 7.88. The molecule has 4 nitrogen and oxygen atoms in total. The van der Waals surface area contributed by atoms with E-state index in [1.807, 2.05) is 53.4 Å². The average molecular weight is 311 g/mol. The summed E-state index contributed by atoms with van der Waals surface area (Å²) in [4.78, 5) is 14.6. The van der Waals surface area contributed by atoms with E-state index in [2.05, 4.69) is 0 Å². The largest absolute Gasteiger partial charge is 0.497 e. The molecular formula is C19H21NO3. The Hall–Kier alpha value is -2.33. The van der Waals surface area contributed by atoms with E-state index in [0.717, 1.165) is 28.9 Å². The van der Waals surface area contributed by atoms with E-state index in [0.29, 0.717) is 13.0 Å². The number of carbonyl (C=O) groups excluding carboxylic acids is 1. The van der Waals surface area contributed by atoms with Crippen molar-refractivity contribution in [1.82, 2.24) is 4.90 Å². The van der Waals surface area contributed by atoms with Crippen molar-refractivity contribution in [2.24, 2.45) is 0 Å². The second-order valence-electron chi connectivity index (χ2n) is 5.75. The Kier molecular flexibility index (Phi) is 4.63. The Morgan fingerprint density at radius 2 is 1.87 bits per heavy atom. The lowest BCUT2D eigenvalue weighted by Gasteiger charge is -2.25.